The molecule has 1 fully saturated rings. The van der Waals surface area contributed by atoms with Gasteiger partial charge in [0.05, 0.1) is 13.3 Å². The molecule has 1 aliphatic rings. The molecule has 6 nitrogen and oxygen atoms in total. The molecule has 1 aliphatic heterocycles. The molecular weight excluding hydrogens is 328 g/mol. The second kappa shape index (κ2) is 7.50. The Hall–Kier alpha value is -2.34. The minimum Gasteiger partial charge on any atom is -0.494 e. The molecule has 1 unspecified atom stereocenters. The minimum atomic E-state index is 0.125. The van der Waals surface area contributed by atoms with Crippen LogP contribution in [0.15, 0.2) is 36.7 Å². The average molecular weight is 356 g/mol. The van der Waals surface area contributed by atoms with Crippen LogP contribution in [0.5, 0.6) is 5.75 Å². The lowest BCUT2D eigenvalue weighted by molar-refractivity contribution is -0.128. The zero-order valence-electron chi connectivity index (χ0n) is 16.0. The number of benzene rings is 1. The van der Waals surface area contributed by atoms with Gasteiger partial charge in [0.25, 0.3) is 0 Å². The van der Waals surface area contributed by atoms with Crippen molar-refractivity contribution in [2.24, 2.45) is 5.41 Å². The van der Waals surface area contributed by atoms with Gasteiger partial charge < -0.3 is 15.0 Å². The Balaban J connectivity index is 1.58. The predicted molar refractivity (Wildman–Crippen MR) is 101 cm³/mol. The summed E-state index contributed by atoms with van der Waals surface area (Å²) in [4.78, 5) is 14.2. The molecule has 0 bridgehead atoms. The van der Waals surface area contributed by atoms with E-state index in [9.17, 15) is 4.79 Å². The number of methoxy groups -OCH3 is 1. The summed E-state index contributed by atoms with van der Waals surface area (Å²) in [6.45, 7) is 8.75. The van der Waals surface area contributed by atoms with E-state index in [2.05, 4.69) is 31.2 Å². The second-order valence-corrected chi connectivity index (χ2v) is 8.08. The van der Waals surface area contributed by atoms with Gasteiger partial charge in [0.2, 0.25) is 5.91 Å². The third-order valence-electron chi connectivity index (χ3n) is 4.44. The Morgan fingerprint density at radius 2 is 2.08 bits per heavy atom. The summed E-state index contributed by atoms with van der Waals surface area (Å²) in [5, 5.41) is 7.93. The van der Waals surface area contributed by atoms with E-state index in [0.29, 0.717) is 13.0 Å². The molecule has 1 aromatic heterocycles. The van der Waals surface area contributed by atoms with Crippen molar-refractivity contribution < 1.29 is 9.53 Å². The number of rotatable bonds is 6. The quantitative estimate of drug-likeness (QED) is 0.864. The van der Waals surface area contributed by atoms with Gasteiger partial charge in [-0.15, -0.1) is 0 Å². The van der Waals surface area contributed by atoms with Crippen LogP contribution in [0.25, 0.3) is 5.69 Å². The van der Waals surface area contributed by atoms with E-state index >= 15 is 0 Å². The van der Waals surface area contributed by atoms with Crippen LogP contribution in [-0.2, 0) is 11.3 Å². The Morgan fingerprint density at radius 1 is 1.31 bits per heavy atom. The van der Waals surface area contributed by atoms with Gasteiger partial charge in [-0.05, 0) is 17.5 Å². The highest BCUT2D eigenvalue weighted by Crippen LogP contribution is 2.22. The number of aromatic nitrogens is 2. The molecule has 0 saturated carbocycles. The van der Waals surface area contributed by atoms with Gasteiger partial charge in [0.15, 0.2) is 0 Å². The summed E-state index contributed by atoms with van der Waals surface area (Å²) in [6.07, 6.45) is 4.41. The molecule has 26 heavy (non-hydrogen) atoms. The van der Waals surface area contributed by atoms with Gasteiger partial charge in [-0.1, -0.05) is 32.9 Å². The molecule has 3 rings (SSSR count). The molecule has 0 radical (unpaired) electrons. The molecular formula is C20H28N4O2. The monoisotopic (exact) mass is 356 g/mol. The minimum absolute atomic E-state index is 0.125. The van der Waals surface area contributed by atoms with Crippen molar-refractivity contribution >= 4 is 5.91 Å². The molecule has 1 N–H and O–H groups in total. The van der Waals surface area contributed by atoms with Gasteiger partial charge in [-0.2, -0.15) is 5.10 Å². The zero-order chi connectivity index (χ0) is 18.7. The van der Waals surface area contributed by atoms with Gasteiger partial charge in [-0.25, -0.2) is 4.68 Å². The number of likely N-dealkylation sites (tertiary alicyclic amines) is 1. The smallest absolute Gasteiger partial charge is 0.224 e. The summed E-state index contributed by atoms with van der Waals surface area (Å²) < 4.78 is 7.22. The summed E-state index contributed by atoms with van der Waals surface area (Å²) in [6, 6.07) is 7.99. The lowest BCUT2D eigenvalue weighted by Gasteiger charge is -2.26. The van der Waals surface area contributed by atoms with Crippen molar-refractivity contribution in [2.75, 3.05) is 20.2 Å². The molecule has 140 valence electrons. The van der Waals surface area contributed by atoms with E-state index in [1.54, 1.807) is 7.11 Å². The molecule has 2 aromatic rings. The molecule has 2 heterocycles. The Morgan fingerprint density at radius 3 is 2.81 bits per heavy atom. The standard InChI is InChI=1S/C20H28N4O2/c1-20(2,3)14-23-13-16(9-19(23)25)21-10-15-11-22-24(12-15)17-7-5-6-8-18(17)26-4/h5-8,11-12,16,21H,9-10,13-14H2,1-4H3. The van der Waals surface area contributed by atoms with E-state index in [1.165, 1.54) is 0 Å². The SMILES string of the molecule is COc1ccccc1-n1cc(CNC2CC(=O)N(CC(C)(C)C)C2)cn1. The van der Waals surface area contributed by atoms with Crippen molar-refractivity contribution in [3.05, 3.63) is 42.2 Å². The number of nitrogens with one attached hydrogen (secondary N) is 1. The fraction of sp³-hybridized carbons (Fsp3) is 0.500. The van der Waals surface area contributed by atoms with Crippen LogP contribution in [0.2, 0.25) is 0 Å². The molecule has 6 heteroatoms. The number of amides is 1. The van der Waals surface area contributed by atoms with Crippen molar-refractivity contribution in [3.8, 4) is 11.4 Å². The number of nitrogens with zero attached hydrogens (tertiary/aromatic N) is 3. The third-order valence-corrected chi connectivity index (χ3v) is 4.44. The van der Waals surface area contributed by atoms with E-state index in [4.69, 9.17) is 4.74 Å². The van der Waals surface area contributed by atoms with Crippen molar-refractivity contribution in [3.63, 3.8) is 0 Å². The Kier molecular flexibility index (Phi) is 5.32. The Bertz CT molecular complexity index is 763. The third kappa shape index (κ3) is 4.43. The van der Waals surface area contributed by atoms with E-state index in [-0.39, 0.29) is 17.4 Å². The normalized spacial score (nSPS) is 17.8. The number of carbonyl (C=O) groups is 1. The summed E-state index contributed by atoms with van der Waals surface area (Å²) in [5.74, 6) is 1.02. The second-order valence-electron chi connectivity index (χ2n) is 8.08. The first-order valence-corrected chi connectivity index (χ1v) is 9.04. The summed E-state index contributed by atoms with van der Waals surface area (Å²) in [7, 11) is 1.66. The fourth-order valence-corrected chi connectivity index (χ4v) is 3.30. The largest absolute Gasteiger partial charge is 0.494 e. The molecule has 1 saturated heterocycles. The first kappa shape index (κ1) is 18.5. The molecule has 1 atom stereocenters. The van der Waals surface area contributed by atoms with Crippen LogP contribution in [0.1, 0.15) is 32.8 Å². The van der Waals surface area contributed by atoms with Crippen LogP contribution in [-0.4, -0.2) is 46.8 Å². The Labute approximate surface area is 155 Å². The van der Waals surface area contributed by atoms with E-state index in [0.717, 1.165) is 30.1 Å². The topological polar surface area (TPSA) is 59.4 Å². The van der Waals surface area contributed by atoms with Crippen molar-refractivity contribution in [2.45, 2.75) is 39.8 Å². The maximum Gasteiger partial charge on any atom is 0.224 e. The highest BCUT2D eigenvalue weighted by atomic mass is 16.5. The fourth-order valence-electron chi connectivity index (χ4n) is 3.30. The predicted octanol–water partition coefficient (Wildman–Crippen LogP) is 2.62. The van der Waals surface area contributed by atoms with Gasteiger partial charge >= 0.3 is 0 Å². The van der Waals surface area contributed by atoms with Gasteiger partial charge in [-0.3, -0.25) is 4.79 Å². The van der Waals surface area contributed by atoms with Crippen LogP contribution >= 0.6 is 0 Å². The highest BCUT2D eigenvalue weighted by Gasteiger charge is 2.31. The lowest BCUT2D eigenvalue weighted by atomic mass is 9.96. The maximum atomic E-state index is 12.2. The number of hydrogen-bond acceptors (Lipinski definition) is 4. The maximum absolute atomic E-state index is 12.2. The first-order valence-electron chi connectivity index (χ1n) is 9.04. The van der Waals surface area contributed by atoms with Gasteiger partial charge in [0.1, 0.15) is 11.4 Å². The van der Waals surface area contributed by atoms with Crippen LogP contribution in [0.4, 0.5) is 0 Å². The number of para-hydroxylation sites is 2. The zero-order valence-corrected chi connectivity index (χ0v) is 16.0. The van der Waals surface area contributed by atoms with E-state index in [1.807, 2.05) is 46.2 Å². The first-order chi connectivity index (χ1) is 12.4. The average Bonchev–Trinajstić information content (AvgIpc) is 3.19. The molecule has 1 aromatic carbocycles. The number of ether oxygens (including phenoxy) is 1. The van der Waals surface area contributed by atoms with Crippen LogP contribution in [0, 0.1) is 5.41 Å². The summed E-state index contributed by atoms with van der Waals surface area (Å²) >= 11 is 0. The molecule has 1 amide bonds. The summed E-state index contributed by atoms with van der Waals surface area (Å²) in [5.41, 5.74) is 2.12. The van der Waals surface area contributed by atoms with Gasteiger partial charge in [0, 0.05) is 43.9 Å². The van der Waals surface area contributed by atoms with E-state index < -0.39 is 0 Å². The van der Waals surface area contributed by atoms with Crippen LogP contribution < -0.4 is 10.1 Å². The molecule has 0 aliphatic carbocycles. The number of hydrogen-bond donors (Lipinski definition) is 1. The van der Waals surface area contributed by atoms with Crippen LogP contribution in [0.3, 0.4) is 0 Å². The lowest BCUT2D eigenvalue weighted by Crippen LogP contribution is -2.36. The number of carbonyl (C=O) groups excluding carboxylic acids is 1. The van der Waals surface area contributed by atoms with Crippen molar-refractivity contribution in [1.29, 1.82) is 0 Å². The highest BCUT2D eigenvalue weighted by molar-refractivity contribution is 5.79. The van der Waals surface area contributed by atoms with Crippen molar-refractivity contribution in [1.82, 2.24) is 20.0 Å². The molecule has 0 spiro atoms.